The molecule has 1 aromatic rings. The molecule has 15 heavy (non-hydrogen) atoms. The van der Waals surface area contributed by atoms with Crippen LogP contribution in [0.3, 0.4) is 0 Å². The van der Waals surface area contributed by atoms with E-state index in [-0.39, 0.29) is 0 Å². The van der Waals surface area contributed by atoms with Crippen LogP contribution in [0.25, 0.3) is 0 Å². The summed E-state index contributed by atoms with van der Waals surface area (Å²) in [7, 11) is 0. The molecule has 4 nitrogen and oxygen atoms in total. The lowest BCUT2D eigenvalue weighted by Gasteiger charge is -2.32. The molecule has 1 unspecified atom stereocenters. The van der Waals surface area contributed by atoms with Gasteiger partial charge in [0.1, 0.15) is 0 Å². The van der Waals surface area contributed by atoms with Crippen LogP contribution in [0.4, 0.5) is 5.95 Å². The van der Waals surface area contributed by atoms with Gasteiger partial charge in [-0.3, -0.25) is 4.90 Å². The van der Waals surface area contributed by atoms with Gasteiger partial charge in [0.05, 0.1) is 0 Å². The van der Waals surface area contributed by atoms with E-state index in [0.29, 0.717) is 6.04 Å². The van der Waals surface area contributed by atoms with Gasteiger partial charge in [-0.25, -0.2) is 4.98 Å². The van der Waals surface area contributed by atoms with E-state index in [2.05, 4.69) is 27.1 Å². The molecule has 1 atom stereocenters. The van der Waals surface area contributed by atoms with E-state index in [4.69, 9.17) is 0 Å². The molecule has 0 aromatic carbocycles. The smallest absolute Gasteiger partial charge is 0.200 e. The van der Waals surface area contributed by atoms with Gasteiger partial charge in [-0.1, -0.05) is 6.42 Å². The largest absolute Gasteiger partial charge is 0.354 e. The lowest BCUT2D eigenvalue weighted by atomic mass is 10.1. The van der Waals surface area contributed by atoms with Crippen LogP contribution in [0.5, 0.6) is 0 Å². The van der Waals surface area contributed by atoms with Crippen LogP contribution in [0, 0.1) is 0 Å². The normalized spacial score (nSPS) is 20.1. The number of anilines is 1. The molecule has 1 fully saturated rings. The van der Waals surface area contributed by atoms with Crippen molar-refractivity contribution in [3.05, 3.63) is 12.4 Å². The number of imidazole rings is 1. The summed E-state index contributed by atoms with van der Waals surface area (Å²) in [5, 5.41) is 3.31. The second-order valence-corrected chi connectivity index (χ2v) is 4.26. The van der Waals surface area contributed by atoms with Crippen LogP contribution in [0.1, 0.15) is 26.2 Å². The Morgan fingerprint density at radius 3 is 2.93 bits per heavy atom. The SMILES string of the molecule is CC(CNc1ncc[nH]1)N1CCCCC1. The highest BCUT2D eigenvalue weighted by Crippen LogP contribution is 2.12. The number of aromatic amines is 1. The number of rotatable bonds is 4. The molecule has 0 saturated carbocycles. The zero-order valence-electron chi connectivity index (χ0n) is 9.37. The van der Waals surface area contributed by atoms with Crippen molar-refractivity contribution < 1.29 is 0 Å². The summed E-state index contributed by atoms with van der Waals surface area (Å²) in [6.07, 6.45) is 7.72. The van der Waals surface area contributed by atoms with Gasteiger partial charge in [0.2, 0.25) is 0 Å². The number of hydrogen-bond acceptors (Lipinski definition) is 3. The molecule has 2 N–H and O–H groups in total. The molecule has 84 valence electrons. The number of likely N-dealkylation sites (tertiary alicyclic amines) is 1. The summed E-state index contributed by atoms with van der Waals surface area (Å²) in [6, 6.07) is 0.593. The maximum atomic E-state index is 4.15. The Hall–Kier alpha value is -1.03. The molecule has 4 heteroatoms. The van der Waals surface area contributed by atoms with Crippen molar-refractivity contribution in [3.63, 3.8) is 0 Å². The Kier molecular flexibility index (Phi) is 3.61. The minimum atomic E-state index is 0.593. The lowest BCUT2D eigenvalue weighted by molar-refractivity contribution is 0.180. The number of nitrogens with one attached hydrogen (secondary N) is 2. The highest BCUT2D eigenvalue weighted by Gasteiger charge is 2.16. The molecule has 1 aromatic heterocycles. The number of piperidine rings is 1. The zero-order valence-corrected chi connectivity index (χ0v) is 9.37. The van der Waals surface area contributed by atoms with Crippen LogP contribution in [-0.2, 0) is 0 Å². The van der Waals surface area contributed by atoms with E-state index in [1.54, 1.807) is 6.20 Å². The fourth-order valence-corrected chi connectivity index (χ4v) is 2.09. The standard InChI is InChI=1S/C11H20N4/c1-10(15-7-3-2-4-8-15)9-14-11-12-5-6-13-11/h5-6,10H,2-4,7-9H2,1H3,(H2,12,13,14). The van der Waals surface area contributed by atoms with E-state index < -0.39 is 0 Å². The van der Waals surface area contributed by atoms with E-state index >= 15 is 0 Å². The molecule has 0 radical (unpaired) electrons. The number of hydrogen-bond donors (Lipinski definition) is 2. The fourth-order valence-electron chi connectivity index (χ4n) is 2.09. The molecular formula is C11H20N4. The fraction of sp³-hybridized carbons (Fsp3) is 0.727. The first kappa shape index (κ1) is 10.5. The Morgan fingerprint density at radius 1 is 1.47 bits per heavy atom. The van der Waals surface area contributed by atoms with Crippen molar-refractivity contribution >= 4 is 5.95 Å². The van der Waals surface area contributed by atoms with Gasteiger partial charge in [-0.15, -0.1) is 0 Å². The summed E-state index contributed by atoms with van der Waals surface area (Å²) in [5.41, 5.74) is 0. The van der Waals surface area contributed by atoms with E-state index in [1.807, 2.05) is 6.20 Å². The van der Waals surface area contributed by atoms with Crippen molar-refractivity contribution in [3.8, 4) is 0 Å². The molecule has 2 heterocycles. The topological polar surface area (TPSA) is 44.0 Å². The predicted octanol–water partition coefficient (Wildman–Crippen LogP) is 1.70. The first-order chi connectivity index (χ1) is 7.36. The summed E-state index contributed by atoms with van der Waals surface area (Å²) in [5.74, 6) is 0.874. The zero-order chi connectivity index (χ0) is 10.5. The van der Waals surface area contributed by atoms with Crippen molar-refractivity contribution in [2.45, 2.75) is 32.2 Å². The maximum Gasteiger partial charge on any atom is 0.200 e. The molecule has 1 aliphatic rings. The van der Waals surface area contributed by atoms with Crippen LogP contribution in [0.15, 0.2) is 12.4 Å². The first-order valence-electron chi connectivity index (χ1n) is 5.83. The van der Waals surface area contributed by atoms with Crippen LogP contribution >= 0.6 is 0 Å². The predicted molar refractivity (Wildman–Crippen MR) is 62.0 cm³/mol. The van der Waals surface area contributed by atoms with Crippen molar-refractivity contribution in [2.24, 2.45) is 0 Å². The summed E-state index contributed by atoms with van der Waals surface area (Å²) >= 11 is 0. The molecule has 1 aliphatic heterocycles. The number of aromatic nitrogens is 2. The van der Waals surface area contributed by atoms with Gasteiger partial charge in [0.25, 0.3) is 0 Å². The summed E-state index contributed by atoms with van der Waals surface area (Å²) in [4.78, 5) is 9.76. The Labute approximate surface area is 91.1 Å². The van der Waals surface area contributed by atoms with Gasteiger partial charge in [0, 0.05) is 25.0 Å². The second kappa shape index (κ2) is 5.16. The third-order valence-electron chi connectivity index (χ3n) is 3.08. The number of H-pyrrole nitrogens is 1. The van der Waals surface area contributed by atoms with Gasteiger partial charge >= 0.3 is 0 Å². The van der Waals surface area contributed by atoms with E-state index in [0.717, 1.165) is 12.5 Å². The molecule has 2 rings (SSSR count). The van der Waals surface area contributed by atoms with Crippen molar-refractivity contribution in [1.82, 2.24) is 14.9 Å². The first-order valence-corrected chi connectivity index (χ1v) is 5.83. The van der Waals surface area contributed by atoms with Crippen LogP contribution < -0.4 is 5.32 Å². The quantitative estimate of drug-likeness (QED) is 0.791. The molecule has 0 aliphatic carbocycles. The van der Waals surface area contributed by atoms with E-state index in [9.17, 15) is 0 Å². The van der Waals surface area contributed by atoms with Crippen LogP contribution in [0.2, 0.25) is 0 Å². The highest BCUT2D eigenvalue weighted by atomic mass is 15.2. The van der Waals surface area contributed by atoms with Crippen LogP contribution in [-0.4, -0.2) is 40.5 Å². The summed E-state index contributed by atoms with van der Waals surface area (Å²) < 4.78 is 0. The van der Waals surface area contributed by atoms with Gasteiger partial charge < -0.3 is 10.3 Å². The van der Waals surface area contributed by atoms with Gasteiger partial charge in [-0.2, -0.15) is 0 Å². The van der Waals surface area contributed by atoms with Crippen molar-refractivity contribution in [1.29, 1.82) is 0 Å². The molecular weight excluding hydrogens is 188 g/mol. The molecule has 0 amide bonds. The number of nitrogens with zero attached hydrogens (tertiary/aromatic N) is 2. The average Bonchev–Trinajstić information content (AvgIpc) is 2.80. The second-order valence-electron chi connectivity index (χ2n) is 4.26. The Bertz CT molecular complexity index is 264. The monoisotopic (exact) mass is 208 g/mol. The van der Waals surface area contributed by atoms with Gasteiger partial charge in [-0.05, 0) is 32.9 Å². The van der Waals surface area contributed by atoms with Gasteiger partial charge in [0.15, 0.2) is 5.95 Å². The highest BCUT2D eigenvalue weighted by molar-refractivity contribution is 5.22. The maximum absolute atomic E-state index is 4.15. The van der Waals surface area contributed by atoms with E-state index in [1.165, 1.54) is 32.4 Å². The molecule has 0 spiro atoms. The lowest BCUT2D eigenvalue weighted by Crippen LogP contribution is -2.41. The third-order valence-corrected chi connectivity index (χ3v) is 3.08. The molecule has 1 saturated heterocycles. The minimum absolute atomic E-state index is 0.593. The Balaban J connectivity index is 1.74. The summed E-state index contributed by atoms with van der Waals surface area (Å²) in [6.45, 7) is 5.75. The minimum Gasteiger partial charge on any atom is -0.354 e. The van der Waals surface area contributed by atoms with Crippen molar-refractivity contribution in [2.75, 3.05) is 25.0 Å². The Morgan fingerprint density at radius 2 is 2.27 bits per heavy atom. The molecule has 0 bridgehead atoms. The third kappa shape index (κ3) is 2.96. The average molecular weight is 208 g/mol.